The Bertz CT molecular complexity index is 955. The summed E-state index contributed by atoms with van der Waals surface area (Å²) in [6.45, 7) is -0.360. The number of carbonyl (C=O) groups excluding carboxylic acids is 2. The number of fused-ring (bicyclic) bond motifs is 1. The highest BCUT2D eigenvalue weighted by atomic mass is 35.5. The van der Waals surface area contributed by atoms with Crippen LogP contribution in [0.25, 0.3) is 0 Å². The Morgan fingerprint density at radius 1 is 1.26 bits per heavy atom. The summed E-state index contributed by atoms with van der Waals surface area (Å²) >= 11 is 7.35. The largest absolute Gasteiger partial charge is 0.455 e. The molecule has 1 saturated carbocycles. The highest BCUT2D eigenvalue weighted by Crippen LogP contribution is 2.49. The minimum absolute atomic E-state index is 0.360. The standard InChI is InChI=1S/C20H17ClN2O3S/c21-13-6-4-12(5-7-13)20(8-9-20)19(25)26-11-17(24)23-18-15(10-22)14-2-1-3-16(14)27-18/h4-7H,1-3,8-9,11H2,(H,23,24). The molecule has 0 bridgehead atoms. The summed E-state index contributed by atoms with van der Waals surface area (Å²) in [5.41, 5.74) is 1.80. The van der Waals surface area contributed by atoms with Crippen molar-refractivity contribution in [1.29, 1.82) is 5.26 Å². The van der Waals surface area contributed by atoms with Crippen LogP contribution in [0.4, 0.5) is 5.00 Å². The fourth-order valence-electron chi connectivity index (χ4n) is 3.55. The number of thiophene rings is 1. The number of amides is 1. The Morgan fingerprint density at radius 3 is 2.67 bits per heavy atom. The quantitative estimate of drug-likeness (QED) is 0.770. The van der Waals surface area contributed by atoms with Gasteiger partial charge in [0.15, 0.2) is 6.61 Å². The van der Waals surface area contributed by atoms with E-state index >= 15 is 0 Å². The SMILES string of the molecule is N#Cc1c(NC(=O)COC(=O)C2(c3ccc(Cl)cc3)CC2)sc2c1CCC2. The van der Waals surface area contributed by atoms with Crippen molar-refractivity contribution in [1.82, 2.24) is 0 Å². The maximum absolute atomic E-state index is 12.5. The van der Waals surface area contributed by atoms with E-state index in [0.717, 1.165) is 30.4 Å². The molecular weight excluding hydrogens is 384 g/mol. The van der Waals surface area contributed by atoms with Gasteiger partial charge < -0.3 is 10.1 Å². The number of aryl methyl sites for hydroxylation is 1. The second kappa shape index (κ2) is 6.99. The van der Waals surface area contributed by atoms with Gasteiger partial charge in [-0.05, 0) is 55.4 Å². The molecule has 1 heterocycles. The van der Waals surface area contributed by atoms with Gasteiger partial charge in [0.2, 0.25) is 0 Å². The van der Waals surface area contributed by atoms with Crippen molar-refractivity contribution in [2.24, 2.45) is 0 Å². The number of ether oxygens (including phenoxy) is 1. The summed E-state index contributed by atoms with van der Waals surface area (Å²) in [6.07, 6.45) is 4.28. The first kappa shape index (κ1) is 18.0. The lowest BCUT2D eigenvalue weighted by molar-refractivity contribution is -0.150. The second-order valence-electron chi connectivity index (χ2n) is 6.89. The lowest BCUT2D eigenvalue weighted by atomic mass is 9.96. The predicted octanol–water partition coefficient (Wildman–Crippen LogP) is 3.98. The summed E-state index contributed by atoms with van der Waals surface area (Å²) in [6, 6.07) is 9.32. The van der Waals surface area contributed by atoms with Gasteiger partial charge in [0.25, 0.3) is 5.91 Å². The van der Waals surface area contributed by atoms with Crippen LogP contribution in [0.15, 0.2) is 24.3 Å². The topological polar surface area (TPSA) is 79.2 Å². The van der Waals surface area contributed by atoms with Gasteiger partial charge in [0.1, 0.15) is 11.1 Å². The Labute approximate surface area is 165 Å². The zero-order chi connectivity index (χ0) is 19.0. The van der Waals surface area contributed by atoms with Crippen LogP contribution in [-0.4, -0.2) is 18.5 Å². The number of nitrogens with zero attached hydrogens (tertiary/aromatic N) is 1. The van der Waals surface area contributed by atoms with Gasteiger partial charge in [0.05, 0.1) is 11.0 Å². The molecule has 0 atom stereocenters. The molecule has 2 aromatic rings. The van der Waals surface area contributed by atoms with E-state index in [0.29, 0.717) is 28.4 Å². The number of nitriles is 1. The van der Waals surface area contributed by atoms with Crippen LogP contribution in [0, 0.1) is 11.3 Å². The van der Waals surface area contributed by atoms with Gasteiger partial charge in [-0.25, -0.2) is 0 Å². The van der Waals surface area contributed by atoms with Crippen LogP contribution in [0.2, 0.25) is 5.02 Å². The van der Waals surface area contributed by atoms with Crippen LogP contribution in [-0.2, 0) is 32.6 Å². The molecule has 138 valence electrons. The molecule has 1 N–H and O–H groups in total. The van der Waals surface area contributed by atoms with Crippen molar-refractivity contribution in [2.75, 3.05) is 11.9 Å². The number of halogens is 1. The monoisotopic (exact) mass is 400 g/mol. The Morgan fingerprint density at radius 2 is 2.00 bits per heavy atom. The maximum Gasteiger partial charge on any atom is 0.317 e. The van der Waals surface area contributed by atoms with Crippen molar-refractivity contribution in [2.45, 2.75) is 37.5 Å². The molecule has 5 nitrogen and oxygen atoms in total. The summed E-state index contributed by atoms with van der Waals surface area (Å²) in [5, 5.41) is 13.3. The van der Waals surface area contributed by atoms with Gasteiger partial charge in [-0.3, -0.25) is 9.59 Å². The number of anilines is 1. The van der Waals surface area contributed by atoms with Gasteiger partial charge in [0, 0.05) is 9.90 Å². The van der Waals surface area contributed by atoms with Gasteiger partial charge in [-0.15, -0.1) is 11.3 Å². The van der Waals surface area contributed by atoms with Gasteiger partial charge >= 0.3 is 5.97 Å². The first-order valence-corrected chi connectivity index (χ1v) is 10.0. The number of esters is 1. The summed E-state index contributed by atoms with van der Waals surface area (Å²) in [7, 11) is 0. The minimum atomic E-state index is -0.660. The molecule has 27 heavy (non-hydrogen) atoms. The number of carbonyl (C=O) groups is 2. The Hall–Kier alpha value is -2.36. The number of hydrogen-bond donors (Lipinski definition) is 1. The second-order valence-corrected chi connectivity index (χ2v) is 8.43. The zero-order valence-corrected chi connectivity index (χ0v) is 16.1. The minimum Gasteiger partial charge on any atom is -0.455 e. The summed E-state index contributed by atoms with van der Waals surface area (Å²) in [4.78, 5) is 25.9. The van der Waals surface area contributed by atoms with Gasteiger partial charge in [-0.2, -0.15) is 5.26 Å². The van der Waals surface area contributed by atoms with E-state index in [1.807, 2.05) is 12.1 Å². The van der Waals surface area contributed by atoms with E-state index in [1.54, 1.807) is 12.1 Å². The van der Waals surface area contributed by atoms with Crippen molar-refractivity contribution in [3.63, 3.8) is 0 Å². The fraction of sp³-hybridized carbons (Fsp3) is 0.350. The average molecular weight is 401 g/mol. The lowest BCUT2D eigenvalue weighted by Gasteiger charge is -2.15. The lowest BCUT2D eigenvalue weighted by Crippen LogP contribution is -2.28. The van der Waals surface area contributed by atoms with Crippen LogP contribution in [0.3, 0.4) is 0 Å². The number of benzene rings is 1. The fourth-order valence-corrected chi connectivity index (χ4v) is 4.93. The van der Waals surface area contributed by atoms with E-state index in [1.165, 1.54) is 16.2 Å². The van der Waals surface area contributed by atoms with E-state index in [-0.39, 0.29) is 6.61 Å². The highest BCUT2D eigenvalue weighted by Gasteiger charge is 2.52. The average Bonchev–Trinajstić information content (AvgIpc) is 3.24. The molecule has 1 amide bonds. The first-order valence-electron chi connectivity index (χ1n) is 8.81. The Kier molecular flexibility index (Phi) is 4.67. The third-order valence-corrected chi connectivity index (χ3v) is 6.62. The Balaban J connectivity index is 1.38. The van der Waals surface area contributed by atoms with Crippen molar-refractivity contribution >= 4 is 39.8 Å². The number of rotatable bonds is 5. The molecule has 4 rings (SSSR count). The van der Waals surface area contributed by atoms with Crippen LogP contribution < -0.4 is 5.32 Å². The number of hydrogen-bond acceptors (Lipinski definition) is 5. The zero-order valence-electron chi connectivity index (χ0n) is 14.5. The molecule has 2 aliphatic carbocycles. The van der Waals surface area contributed by atoms with E-state index < -0.39 is 17.3 Å². The van der Waals surface area contributed by atoms with Crippen molar-refractivity contribution in [3.8, 4) is 6.07 Å². The number of nitrogens with one attached hydrogen (secondary N) is 1. The molecule has 0 saturated heterocycles. The summed E-state index contributed by atoms with van der Waals surface area (Å²) < 4.78 is 5.28. The maximum atomic E-state index is 12.5. The first-order chi connectivity index (χ1) is 13.0. The third-order valence-electron chi connectivity index (χ3n) is 5.16. The normalized spacial score (nSPS) is 16.3. The van der Waals surface area contributed by atoms with Crippen LogP contribution in [0.1, 0.15) is 40.8 Å². The van der Waals surface area contributed by atoms with Crippen LogP contribution in [0.5, 0.6) is 0 Å². The van der Waals surface area contributed by atoms with Crippen LogP contribution >= 0.6 is 22.9 Å². The third kappa shape index (κ3) is 3.33. The molecule has 0 aliphatic heterocycles. The van der Waals surface area contributed by atoms with Crippen molar-refractivity contribution < 1.29 is 14.3 Å². The smallest absolute Gasteiger partial charge is 0.317 e. The van der Waals surface area contributed by atoms with E-state index in [9.17, 15) is 14.9 Å². The van der Waals surface area contributed by atoms with E-state index in [2.05, 4.69) is 11.4 Å². The van der Waals surface area contributed by atoms with Gasteiger partial charge in [-0.1, -0.05) is 23.7 Å². The molecule has 1 fully saturated rings. The molecule has 0 unspecified atom stereocenters. The molecule has 1 aromatic heterocycles. The predicted molar refractivity (Wildman–Crippen MR) is 103 cm³/mol. The summed E-state index contributed by atoms with van der Waals surface area (Å²) in [5.74, 6) is -0.819. The van der Waals surface area contributed by atoms with Crippen molar-refractivity contribution in [3.05, 3.63) is 50.9 Å². The molecule has 0 radical (unpaired) electrons. The van der Waals surface area contributed by atoms with E-state index in [4.69, 9.17) is 16.3 Å². The highest BCUT2D eigenvalue weighted by molar-refractivity contribution is 7.16. The molecule has 0 spiro atoms. The molecule has 2 aliphatic rings. The molecule has 7 heteroatoms. The molecule has 1 aromatic carbocycles. The molecular formula is C20H17ClN2O3S.